The molecule has 6 nitrogen and oxygen atoms in total. The fourth-order valence-electron chi connectivity index (χ4n) is 3.21. The van der Waals surface area contributed by atoms with Crippen molar-refractivity contribution in [2.24, 2.45) is 5.10 Å². The van der Waals surface area contributed by atoms with Crippen molar-refractivity contribution >= 4 is 46.2 Å². The number of aryl methyl sites for hydroxylation is 2. The predicted molar refractivity (Wildman–Crippen MR) is 125 cm³/mol. The minimum Gasteiger partial charge on any atom is -0.272 e. The van der Waals surface area contributed by atoms with Gasteiger partial charge in [-0.05, 0) is 38.1 Å². The maximum absolute atomic E-state index is 13.0. The summed E-state index contributed by atoms with van der Waals surface area (Å²) in [4.78, 5) is 17.7. The van der Waals surface area contributed by atoms with Crippen LogP contribution in [0.4, 0.5) is 0 Å². The van der Waals surface area contributed by atoms with Crippen LogP contribution in [0.25, 0.3) is 22.2 Å². The summed E-state index contributed by atoms with van der Waals surface area (Å²) >= 11 is 12.2. The van der Waals surface area contributed by atoms with E-state index in [2.05, 4.69) is 20.6 Å². The number of rotatable bonds is 5. The molecule has 4 rings (SSSR count). The van der Waals surface area contributed by atoms with Crippen LogP contribution in [0.1, 0.15) is 28.5 Å². The second-order valence-corrected chi connectivity index (χ2v) is 7.74. The molecule has 31 heavy (non-hydrogen) atoms. The summed E-state index contributed by atoms with van der Waals surface area (Å²) in [5, 5.41) is 10.1. The molecular formula is C23H19Cl2N5O. The van der Waals surface area contributed by atoms with Crippen LogP contribution in [0.3, 0.4) is 0 Å². The highest BCUT2D eigenvalue weighted by molar-refractivity contribution is 6.42. The first-order valence-electron chi connectivity index (χ1n) is 9.69. The van der Waals surface area contributed by atoms with Crippen molar-refractivity contribution in [1.29, 1.82) is 0 Å². The van der Waals surface area contributed by atoms with Crippen molar-refractivity contribution in [1.82, 2.24) is 20.2 Å². The summed E-state index contributed by atoms with van der Waals surface area (Å²) in [5.74, 6) is -0.336. The van der Waals surface area contributed by atoms with Crippen molar-refractivity contribution < 1.29 is 4.79 Å². The second kappa shape index (κ2) is 8.88. The van der Waals surface area contributed by atoms with Crippen LogP contribution < -0.4 is 5.43 Å². The highest BCUT2D eigenvalue weighted by Gasteiger charge is 2.14. The monoisotopic (exact) mass is 451 g/mol. The van der Waals surface area contributed by atoms with Gasteiger partial charge in [-0.15, -0.1) is 0 Å². The smallest absolute Gasteiger partial charge is 0.272 e. The highest BCUT2D eigenvalue weighted by atomic mass is 35.5. The molecule has 2 aromatic carbocycles. The third-order valence-corrected chi connectivity index (χ3v) is 5.59. The largest absolute Gasteiger partial charge is 0.272 e. The lowest BCUT2D eigenvalue weighted by atomic mass is 10.0. The number of halogens is 2. The number of benzene rings is 2. The molecule has 2 aromatic heterocycles. The number of carbonyl (C=O) groups excluding carboxylic acids is 1. The van der Waals surface area contributed by atoms with Crippen LogP contribution in [0.5, 0.6) is 0 Å². The predicted octanol–water partition coefficient (Wildman–Crippen LogP) is 5.50. The average molecular weight is 452 g/mol. The standard InChI is InChI=1S/C23H19Cl2N5O/c1-3-30-13-16(14(2)29-30)12-26-28-23(31)18-11-22(15-8-9-19(24)20(25)10-15)27-21-7-5-4-6-17(18)21/h4-13H,3H2,1-2H3,(H,28,31)/b26-12-. The summed E-state index contributed by atoms with van der Waals surface area (Å²) in [7, 11) is 0. The van der Waals surface area contributed by atoms with Crippen molar-refractivity contribution in [3.63, 3.8) is 0 Å². The normalized spacial score (nSPS) is 11.4. The Morgan fingerprint density at radius 2 is 1.97 bits per heavy atom. The highest BCUT2D eigenvalue weighted by Crippen LogP contribution is 2.30. The Kier molecular flexibility index (Phi) is 6.02. The molecule has 0 spiro atoms. The van der Waals surface area contributed by atoms with Crippen LogP contribution in [-0.4, -0.2) is 26.9 Å². The van der Waals surface area contributed by atoms with Crippen molar-refractivity contribution in [2.45, 2.75) is 20.4 Å². The Morgan fingerprint density at radius 1 is 1.16 bits per heavy atom. The maximum atomic E-state index is 13.0. The van der Waals surface area contributed by atoms with Gasteiger partial charge >= 0.3 is 0 Å². The van der Waals surface area contributed by atoms with Gasteiger partial charge in [0.25, 0.3) is 5.91 Å². The Balaban J connectivity index is 1.68. The van der Waals surface area contributed by atoms with Gasteiger partial charge in [0.2, 0.25) is 0 Å². The molecule has 8 heteroatoms. The minimum absolute atomic E-state index is 0.336. The third kappa shape index (κ3) is 4.45. The number of hydrogen-bond acceptors (Lipinski definition) is 4. The molecule has 0 radical (unpaired) electrons. The number of aromatic nitrogens is 3. The lowest BCUT2D eigenvalue weighted by molar-refractivity contribution is 0.0956. The van der Waals surface area contributed by atoms with Crippen molar-refractivity contribution in [3.8, 4) is 11.3 Å². The van der Waals surface area contributed by atoms with E-state index in [1.807, 2.05) is 55.1 Å². The number of nitrogens with zero attached hydrogens (tertiary/aromatic N) is 4. The lowest BCUT2D eigenvalue weighted by Crippen LogP contribution is -2.18. The van der Waals surface area contributed by atoms with Crippen LogP contribution in [0.15, 0.2) is 59.8 Å². The zero-order valence-electron chi connectivity index (χ0n) is 16.9. The molecule has 0 atom stereocenters. The van der Waals surface area contributed by atoms with E-state index < -0.39 is 0 Å². The number of amides is 1. The quantitative estimate of drug-likeness (QED) is 0.321. The van der Waals surface area contributed by atoms with E-state index >= 15 is 0 Å². The van der Waals surface area contributed by atoms with E-state index in [1.54, 1.807) is 24.4 Å². The molecular weight excluding hydrogens is 433 g/mol. The fourth-order valence-corrected chi connectivity index (χ4v) is 3.51. The molecule has 0 fully saturated rings. The van der Waals surface area contributed by atoms with E-state index in [4.69, 9.17) is 23.2 Å². The van der Waals surface area contributed by atoms with E-state index in [9.17, 15) is 4.79 Å². The fraction of sp³-hybridized carbons (Fsp3) is 0.130. The van der Waals surface area contributed by atoms with Gasteiger partial charge in [-0.25, -0.2) is 10.4 Å². The summed E-state index contributed by atoms with van der Waals surface area (Å²) in [6, 6.07) is 14.4. The van der Waals surface area contributed by atoms with Gasteiger partial charge in [0.15, 0.2) is 0 Å². The lowest BCUT2D eigenvalue weighted by Gasteiger charge is -2.09. The number of carbonyl (C=O) groups is 1. The number of fused-ring (bicyclic) bond motifs is 1. The number of nitrogens with one attached hydrogen (secondary N) is 1. The number of para-hydroxylation sites is 1. The maximum Gasteiger partial charge on any atom is 0.272 e. The average Bonchev–Trinajstić information content (AvgIpc) is 3.14. The van der Waals surface area contributed by atoms with Gasteiger partial charge in [-0.2, -0.15) is 10.2 Å². The number of pyridine rings is 1. The van der Waals surface area contributed by atoms with Gasteiger partial charge in [-0.1, -0.05) is 47.5 Å². The first-order valence-corrected chi connectivity index (χ1v) is 10.4. The topological polar surface area (TPSA) is 72.2 Å². The summed E-state index contributed by atoms with van der Waals surface area (Å²) in [6.45, 7) is 4.67. The molecule has 0 aliphatic heterocycles. The Hall–Kier alpha value is -3.22. The molecule has 0 unspecified atom stereocenters. The molecule has 0 aliphatic carbocycles. The molecule has 0 bridgehead atoms. The Morgan fingerprint density at radius 3 is 2.71 bits per heavy atom. The summed E-state index contributed by atoms with van der Waals surface area (Å²) < 4.78 is 1.82. The molecule has 1 amide bonds. The molecule has 4 aromatic rings. The van der Waals surface area contributed by atoms with Crippen LogP contribution >= 0.6 is 23.2 Å². The SMILES string of the molecule is CCn1cc(/C=N\NC(=O)c2cc(-c3ccc(Cl)c(Cl)c3)nc3ccccc23)c(C)n1. The van der Waals surface area contributed by atoms with E-state index in [-0.39, 0.29) is 5.91 Å². The van der Waals surface area contributed by atoms with Gasteiger partial charge < -0.3 is 0 Å². The summed E-state index contributed by atoms with van der Waals surface area (Å²) in [6.07, 6.45) is 3.48. The van der Waals surface area contributed by atoms with E-state index in [1.165, 1.54) is 0 Å². The Bertz CT molecular complexity index is 1310. The van der Waals surface area contributed by atoms with Gasteiger partial charge in [0.05, 0.1) is 38.7 Å². The Labute approximate surface area is 189 Å². The van der Waals surface area contributed by atoms with Gasteiger partial charge in [0, 0.05) is 29.3 Å². The zero-order valence-corrected chi connectivity index (χ0v) is 18.4. The second-order valence-electron chi connectivity index (χ2n) is 6.93. The summed E-state index contributed by atoms with van der Waals surface area (Å²) in [5.41, 5.74) is 6.84. The van der Waals surface area contributed by atoms with E-state index in [0.29, 0.717) is 26.8 Å². The van der Waals surface area contributed by atoms with Crippen LogP contribution in [0, 0.1) is 6.92 Å². The zero-order chi connectivity index (χ0) is 22.0. The van der Waals surface area contributed by atoms with E-state index in [0.717, 1.165) is 28.8 Å². The number of hydrazone groups is 1. The molecule has 2 heterocycles. The molecule has 1 N–H and O–H groups in total. The van der Waals surface area contributed by atoms with Crippen LogP contribution in [0.2, 0.25) is 10.0 Å². The van der Waals surface area contributed by atoms with Crippen molar-refractivity contribution in [2.75, 3.05) is 0 Å². The van der Waals surface area contributed by atoms with Crippen molar-refractivity contribution in [3.05, 3.63) is 81.6 Å². The minimum atomic E-state index is -0.336. The molecule has 0 saturated heterocycles. The van der Waals surface area contributed by atoms with Crippen LogP contribution in [-0.2, 0) is 6.54 Å². The number of hydrogen-bond donors (Lipinski definition) is 1. The van der Waals surface area contributed by atoms with Gasteiger partial charge in [-0.3, -0.25) is 9.48 Å². The third-order valence-electron chi connectivity index (χ3n) is 4.85. The van der Waals surface area contributed by atoms with Gasteiger partial charge in [0.1, 0.15) is 0 Å². The first-order chi connectivity index (χ1) is 15.0. The molecule has 156 valence electrons. The first kappa shape index (κ1) is 21.0. The molecule has 0 saturated carbocycles. The molecule has 0 aliphatic rings.